The van der Waals surface area contributed by atoms with Gasteiger partial charge in [0.1, 0.15) is 18.2 Å². The monoisotopic (exact) mass is 467 g/mol. The average molecular weight is 468 g/mol. The van der Waals surface area contributed by atoms with Crippen molar-refractivity contribution in [1.29, 1.82) is 0 Å². The number of hydrogen-bond donors (Lipinski definition) is 0. The maximum atomic E-state index is 14.6. The number of carbonyl (C=O) groups is 2. The van der Waals surface area contributed by atoms with Gasteiger partial charge in [-0.3, -0.25) is 9.59 Å². The Hall–Kier alpha value is -3.58. The maximum absolute atomic E-state index is 14.6. The van der Waals surface area contributed by atoms with E-state index in [4.69, 9.17) is 11.6 Å². The van der Waals surface area contributed by atoms with Crippen LogP contribution in [-0.4, -0.2) is 41.0 Å². The summed E-state index contributed by atoms with van der Waals surface area (Å²) in [6, 6.07) is 17.8. The Morgan fingerprint density at radius 3 is 2.39 bits per heavy atom. The molecule has 3 aromatic rings. The van der Waals surface area contributed by atoms with Crippen LogP contribution in [0, 0.1) is 11.6 Å². The smallest absolute Gasteiger partial charge is 0.262 e. The summed E-state index contributed by atoms with van der Waals surface area (Å²) in [5.74, 6) is -1.76. The summed E-state index contributed by atoms with van der Waals surface area (Å²) in [5, 5.41) is 5.92. The highest BCUT2D eigenvalue weighted by molar-refractivity contribution is 6.33. The molecular weight excluding hydrogens is 448 g/mol. The molecule has 1 atom stereocenters. The van der Waals surface area contributed by atoms with Gasteiger partial charge in [0.2, 0.25) is 0 Å². The predicted molar refractivity (Wildman–Crippen MR) is 122 cm³/mol. The standard InChI is InChI=1S/C25H20ClF2N3O2/c1-30(25(33)18-6-2-4-8-20(18)26)15-24(32)31-23(19-7-3-5-9-21(19)28)14-22(29-31)16-10-12-17(27)13-11-16/h2-13,23H,14-15H2,1H3/t23-/m1/s1. The molecule has 5 nitrogen and oxygen atoms in total. The Morgan fingerprint density at radius 1 is 1.03 bits per heavy atom. The fourth-order valence-electron chi connectivity index (χ4n) is 3.73. The van der Waals surface area contributed by atoms with Gasteiger partial charge in [-0.2, -0.15) is 5.10 Å². The zero-order valence-corrected chi connectivity index (χ0v) is 18.5. The van der Waals surface area contributed by atoms with Crippen molar-refractivity contribution in [3.63, 3.8) is 0 Å². The van der Waals surface area contributed by atoms with Gasteiger partial charge in [0.05, 0.1) is 22.3 Å². The molecule has 0 saturated heterocycles. The van der Waals surface area contributed by atoms with E-state index in [9.17, 15) is 18.4 Å². The van der Waals surface area contributed by atoms with Crippen LogP contribution in [0.4, 0.5) is 8.78 Å². The van der Waals surface area contributed by atoms with Crippen LogP contribution >= 0.6 is 11.6 Å². The highest BCUT2D eigenvalue weighted by Crippen LogP contribution is 2.34. The number of carbonyl (C=O) groups excluding carboxylic acids is 2. The molecule has 3 aromatic carbocycles. The van der Waals surface area contributed by atoms with E-state index in [0.717, 1.165) is 0 Å². The molecule has 1 aliphatic heterocycles. The molecule has 1 heterocycles. The van der Waals surface area contributed by atoms with E-state index < -0.39 is 29.5 Å². The molecular formula is C25H20ClF2N3O2. The fraction of sp³-hybridized carbons (Fsp3) is 0.160. The Bertz CT molecular complexity index is 1230. The van der Waals surface area contributed by atoms with Crippen LogP contribution in [0.2, 0.25) is 5.02 Å². The molecule has 0 aromatic heterocycles. The Labute approximate surface area is 194 Å². The van der Waals surface area contributed by atoms with E-state index in [1.165, 1.54) is 35.2 Å². The van der Waals surface area contributed by atoms with Gasteiger partial charge in [-0.1, -0.05) is 54.1 Å². The molecule has 4 rings (SSSR count). The number of hydrogen-bond acceptors (Lipinski definition) is 3. The minimum Gasteiger partial charge on any atom is -0.332 e. The molecule has 0 fully saturated rings. The summed E-state index contributed by atoms with van der Waals surface area (Å²) in [6.45, 7) is -0.283. The van der Waals surface area contributed by atoms with Gasteiger partial charge in [-0.25, -0.2) is 13.8 Å². The molecule has 168 valence electrons. The molecule has 0 bridgehead atoms. The lowest BCUT2D eigenvalue weighted by Gasteiger charge is -2.25. The van der Waals surface area contributed by atoms with Crippen LogP contribution in [0.15, 0.2) is 77.9 Å². The van der Waals surface area contributed by atoms with Crippen molar-refractivity contribution >= 4 is 29.1 Å². The van der Waals surface area contributed by atoms with Crippen molar-refractivity contribution in [1.82, 2.24) is 9.91 Å². The van der Waals surface area contributed by atoms with Crippen molar-refractivity contribution in [2.75, 3.05) is 13.6 Å². The first-order valence-corrected chi connectivity index (χ1v) is 10.6. The van der Waals surface area contributed by atoms with Crippen LogP contribution in [0.25, 0.3) is 0 Å². The summed E-state index contributed by atoms with van der Waals surface area (Å²) < 4.78 is 28.0. The normalized spacial score (nSPS) is 15.3. The molecule has 0 saturated carbocycles. The zero-order chi connectivity index (χ0) is 23.5. The SMILES string of the molecule is CN(CC(=O)N1N=C(c2ccc(F)cc2)C[C@@H]1c1ccccc1F)C(=O)c1ccccc1Cl. The van der Waals surface area contributed by atoms with Gasteiger partial charge in [-0.05, 0) is 35.9 Å². The Morgan fingerprint density at radius 2 is 1.70 bits per heavy atom. The molecule has 0 aliphatic carbocycles. The second kappa shape index (κ2) is 9.50. The molecule has 0 radical (unpaired) electrons. The number of rotatable bonds is 5. The van der Waals surface area contributed by atoms with E-state index in [0.29, 0.717) is 16.8 Å². The summed E-state index contributed by atoms with van der Waals surface area (Å²) in [4.78, 5) is 27.2. The predicted octanol–water partition coefficient (Wildman–Crippen LogP) is 5.07. The van der Waals surface area contributed by atoms with Crippen molar-refractivity contribution in [3.05, 3.63) is 106 Å². The van der Waals surface area contributed by atoms with Gasteiger partial charge in [0.25, 0.3) is 11.8 Å². The van der Waals surface area contributed by atoms with Crippen LogP contribution in [0.5, 0.6) is 0 Å². The summed E-state index contributed by atoms with van der Waals surface area (Å²) in [5.41, 5.74) is 1.74. The first kappa shape index (κ1) is 22.6. The summed E-state index contributed by atoms with van der Waals surface area (Å²) in [6.07, 6.45) is 0.250. The van der Waals surface area contributed by atoms with E-state index in [-0.39, 0.29) is 23.6 Å². The van der Waals surface area contributed by atoms with Crippen LogP contribution in [-0.2, 0) is 4.79 Å². The van der Waals surface area contributed by atoms with Crippen LogP contribution in [0.1, 0.15) is 33.9 Å². The lowest BCUT2D eigenvalue weighted by Crippen LogP contribution is -2.39. The van der Waals surface area contributed by atoms with Crippen LogP contribution < -0.4 is 0 Å². The maximum Gasteiger partial charge on any atom is 0.262 e. The third-order valence-electron chi connectivity index (χ3n) is 5.43. The number of hydrazone groups is 1. The quantitative estimate of drug-likeness (QED) is 0.526. The minimum absolute atomic E-state index is 0.250. The Balaban J connectivity index is 1.61. The van der Waals surface area contributed by atoms with Gasteiger partial charge in [0, 0.05) is 19.0 Å². The van der Waals surface area contributed by atoms with Crippen molar-refractivity contribution in [2.24, 2.45) is 5.10 Å². The highest BCUT2D eigenvalue weighted by atomic mass is 35.5. The van der Waals surface area contributed by atoms with E-state index in [1.807, 2.05) is 0 Å². The molecule has 0 spiro atoms. The Kier molecular flexibility index (Phi) is 6.51. The van der Waals surface area contributed by atoms with Crippen molar-refractivity contribution in [3.8, 4) is 0 Å². The molecule has 33 heavy (non-hydrogen) atoms. The lowest BCUT2D eigenvalue weighted by molar-refractivity contribution is -0.133. The lowest BCUT2D eigenvalue weighted by atomic mass is 9.98. The number of halogens is 3. The average Bonchev–Trinajstić information content (AvgIpc) is 3.25. The molecule has 1 aliphatic rings. The summed E-state index contributed by atoms with van der Waals surface area (Å²) >= 11 is 6.11. The van der Waals surface area contributed by atoms with Gasteiger partial charge < -0.3 is 4.90 Å². The van der Waals surface area contributed by atoms with Crippen molar-refractivity contribution < 1.29 is 18.4 Å². The molecule has 0 N–H and O–H groups in total. The largest absolute Gasteiger partial charge is 0.332 e. The van der Waals surface area contributed by atoms with E-state index in [1.54, 1.807) is 54.6 Å². The fourth-order valence-corrected chi connectivity index (χ4v) is 3.95. The topological polar surface area (TPSA) is 53.0 Å². The number of amides is 2. The van der Waals surface area contributed by atoms with Crippen molar-refractivity contribution in [2.45, 2.75) is 12.5 Å². The van der Waals surface area contributed by atoms with Crippen LogP contribution in [0.3, 0.4) is 0 Å². The molecule has 2 amide bonds. The highest BCUT2D eigenvalue weighted by Gasteiger charge is 2.35. The van der Waals surface area contributed by atoms with Gasteiger partial charge >= 0.3 is 0 Å². The molecule has 0 unspecified atom stereocenters. The number of nitrogens with zero attached hydrogens (tertiary/aromatic N) is 3. The second-order valence-electron chi connectivity index (χ2n) is 7.67. The minimum atomic E-state index is -0.692. The first-order chi connectivity index (χ1) is 15.8. The van der Waals surface area contributed by atoms with Gasteiger partial charge in [-0.15, -0.1) is 0 Å². The summed E-state index contributed by atoms with van der Waals surface area (Å²) in [7, 11) is 1.49. The second-order valence-corrected chi connectivity index (χ2v) is 8.08. The zero-order valence-electron chi connectivity index (χ0n) is 17.7. The first-order valence-electron chi connectivity index (χ1n) is 10.2. The van der Waals surface area contributed by atoms with E-state index >= 15 is 0 Å². The van der Waals surface area contributed by atoms with E-state index in [2.05, 4.69) is 5.10 Å². The third kappa shape index (κ3) is 4.78. The number of benzene rings is 3. The number of likely N-dealkylation sites (N-methyl/N-ethyl adjacent to an activating group) is 1. The van der Waals surface area contributed by atoms with Gasteiger partial charge in [0.15, 0.2) is 0 Å². The molecule has 8 heteroatoms. The third-order valence-corrected chi connectivity index (χ3v) is 5.76.